The van der Waals surface area contributed by atoms with E-state index >= 15 is 0 Å². The molecule has 100 valence electrons. The van der Waals surface area contributed by atoms with Crippen molar-refractivity contribution in [2.24, 2.45) is 0 Å². The van der Waals surface area contributed by atoms with E-state index in [0.29, 0.717) is 13.0 Å². The summed E-state index contributed by atoms with van der Waals surface area (Å²) in [7, 11) is 1.62. The van der Waals surface area contributed by atoms with Crippen molar-refractivity contribution in [3.05, 3.63) is 24.3 Å². The Kier molecular flexibility index (Phi) is 5.01. The van der Waals surface area contributed by atoms with E-state index in [2.05, 4.69) is 5.32 Å². The van der Waals surface area contributed by atoms with Crippen molar-refractivity contribution in [2.75, 3.05) is 19.0 Å². The average molecular weight is 251 g/mol. The molecule has 0 saturated carbocycles. The van der Waals surface area contributed by atoms with E-state index in [1.807, 2.05) is 45.0 Å². The van der Waals surface area contributed by atoms with E-state index in [1.54, 1.807) is 7.11 Å². The van der Waals surface area contributed by atoms with Crippen molar-refractivity contribution in [3.8, 4) is 5.75 Å². The summed E-state index contributed by atoms with van der Waals surface area (Å²) in [5.41, 5.74) is 0.505. The van der Waals surface area contributed by atoms with Gasteiger partial charge in [-0.1, -0.05) is 6.07 Å². The number of esters is 1. The highest BCUT2D eigenvalue weighted by atomic mass is 16.6. The van der Waals surface area contributed by atoms with Crippen LogP contribution in [0.1, 0.15) is 27.2 Å². The van der Waals surface area contributed by atoms with E-state index in [-0.39, 0.29) is 5.97 Å². The number of hydrogen-bond donors (Lipinski definition) is 1. The van der Waals surface area contributed by atoms with Crippen LogP contribution in [0.2, 0.25) is 0 Å². The van der Waals surface area contributed by atoms with E-state index in [0.717, 1.165) is 11.4 Å². The molecule has 1 N–H and O–H groups in total. The highest BCUT2D eigenvalue weighted by molar-refractivity contribution is 5.70. The van der Waals surface area contributed by atoms with Crippen molar-refractivity contribution in [3.63, 3.8) is 0 Å². The van der Waals surface area contributed by atoms with Gasteiger partial charge in [-0.25, -0.2) is 0 Å². The Balaban J connectivity index is 2.35. The third kappa shape index (κ3) is 5.57. The van der Waals surface area contributed by atoms with Crippen molar-refractivity contribution in [1.29, 1.82) is 0 Å². The van der Waals surface area contributed by atoms with Gasteiger partial charge in [-0.05, 0) is 32.9 Å². The van der Waals surface area contributed by atoms with Gasteiger partial charge in [-0.15, -0.1) is 0 Å². The normalized spacial score (nSPS) is 10.9. The Bertz CT molecular complexity index is 396. The lowest BCUT2D eigenvalue weighted by Crippen LogP contribution is -2.25. The van der Waals surface area contributed by atoms with E-state index in [9.17, 15) is 4.79 Å². The summed E-state index contributed by atoms with van der Waals surface area (Å²) < 4.78 is 10.3. The summed E-state index contributed by atoms with van der Waals surface area (Å²) in [6, 6.07) is 7.58. The second-order valence-electron chi connectivity index (χ2n) is 5.00. The highest BCUT2D eigenvalue weighted by Crippen LogP contribution is 2.16. The van der Waals surface area contributed by atoms with E-state index in [4.69, 9.17) is 9.47 Å². The Morgan fingerprint density at radius 1 is 1.33 bits per heavy atom. The number of carbonyl (C=O) groups is 1. The second-order valence-corrected chi connectivity index (χ2v) is 5.00. The Morgan fingerprint density at radius 2 is 2.06 bits per heavy atom. The zero-order valence-electron chi connectivity index (χ0n) is 11.4. The van der Waals surface area contributed by atoms with Crippen LogP contribution in [0.3, 0.4) is 0 Å². The van der Waals surface area contributed by atoms with Gasteiger partial charge in [0.25, 0.3) is 0 Å². The first-order chi connectivity index (χ1) is 8.40. The molecule has 0 radical (unpaired) electrons. The first kappa shape index (κ1) is 14.4. The van der Waals surface area contributed by atoms with Gasteiger partial charge in [0.05, 0.1) is 13.5 Å². The van der Waals surface area contributed by atoms with Crippen LogP contribution >= 0.6 is 0 Å². The number of carbonyl (C=O) groups excluding carboxylic acids is 1. The van der Waals surface area contributed by atoms with Gasteiger partial charge in [-0.3, -0.25) is 4.79 Å². The summed E-state index contributed by atoms with van der Waals surface area (Å²) in [5.74, 6) is 0.593. The van der Waals surface area contributed by atoms with E-state index < -0.39 is 5.60 Å². The summed E-state index contributed by atoms with van der Waals surface area (Å²) in [6.45, 7) is 6.13. The number of benzene rings is 1. The first-order valence-corrected chi connectivity index (χ1v) is 6.00. The van der Waals surface area contributed by atoms with E-state index in [1.165, 1.54) is 0 Å². The summed E-state index contributed by atoms with van der Waals surface area (Å²) in [4.78, 5) is 11.5. The molecule has 4 nitrogen and oxygen atoms in total. The molecule has 18 heavy (non-hydrogen) atoms. The Hall–Kier alpha value is -1.71. The number of methoxy groups -OCH3 is 1. The molecule has 0 fully saturated rings. The highest BCUT2D eigenvalue weighted by Gasteiger charge is 2.15. The molecule has 0 heterocycles. The Labute approximate surface area is 108 Å². The van der Waals surface area contributed by atoms with Crippen LogP contribution in [0.5, 0.6) is 5.75 Å². The number of rotatable bonds is 5. The minimum Gasteiger partial charge on any atom is -0.497 e. The largest absolute Gasteiger partial charge is 0.497 e. The van der Waals surface area contributed by atoms with Crippen LogP contribution in [0.25, 0.3) is 0 Å². The molecule has 0 atom stereocenters. The number of anilines is 1. The second kappa shape index (κ2) is 6.28. The maximum Gasteiger partial charge on any atom is 0.308 e. The maximum atomic E-state index is 11.5. The van der Waals surface area contributed by atoms with Crippen LogP contribution in [0, 0.1) is 0 Å². The maximum absolute atomic E-state index is 11.5. The zero-order chi connectivity index (χ0) is 13.6. The average Bonchev–Trinajstić information content (AvgIpc) is 2.27. The molecule has 0 unspecified atom stereocenters. The number of hydrogen-bond acceptors (Lipinski definition) is 4. The molecule has 1 aromatic carbocycles. The van der Waals surface area contributed by atoms with Gasteiger partial charge >= 0.3 is 5.97 Å². The minimum atomic E-state index is -0.424. The van der Waals surface area contributed by atoms with Crippen LogP contribution in [0.4, 0.5) is 5.69 Å². The smallest absolute Gasteiger partial charge is 0.308 e. The predicted octanol–water partition coefficient (Wildman–Crippen LogP) is 2.84. The topological polar surface area (TPSA) is 47.6 Å². The Morgan fingerprint density at radius 3 is 2.67 bits per heavy atom. The molecule has 0 aliphatic carbocycles. The van der Waals surface area contributed by atoms with Crippen LogP contribution in [-0.2, 0) is 9.53 Å². The molecular weight excluding hydrogens is 230 g/mol. The molecular formula is C14H21NO3. The zero-order valence-corrected chi connectivity index (χ0v) is 11.4. The first-order valence-electron chi connectivity index (χ1n) is 6.00. The quantitative estimate of drug-likeness (QED) is 0.817. The molecule has 0 aliphatic heterocycles. The molecule has 4 heteroatoms. The van der Waals surface area contributed by atoms with Crippen molar-refractivity contribution < 1.29 is 14.3 Å². The fraction of sp³-hybridized carbons (Fsp3) is 0.500. The molecule has 0 bridgehead atoms. The predicted molar refractivity (Wildman–Crippen MR) is 71.9 cm³/mol. The summed E-state index contributed by atoms with van der Waals surface area (Å²) >= 11 is 0. The molecule has 0 saturated heterocycles. The summed E-state index contributed by atoms with van der Waals surface area (Å²) in [5, 5.41) is 3.16. The number of ether oxygens (including phenoxy) is 2. The van der Waals surface area contributed by atoms with Gasteiger partial charge in [0.2, 0.25) is 0 Å². The lowest BCUT2D eigenvalue weighted by molar-refractivity contribution is -0.154. The third-order valence-corrected chi connectivity index (χ3v) is 2.15. The van der Waals surface area contributed by atoms with Gasteiger partial charge in [0.15, 0.2) is 0 Å². The molecule has 0 aliphatic rings. The fourth-order valence-corrected chi connectivity index (χ4v) is 1.43. The van der Waals surface area contributed by atoms with Crippen molar-refractivity contribution in [1.82, 2.24) is 0 Å². The molecule has 0 spiro atoms. The third-order valence-electron chi connectivity index (χ3n) is 2.15. The van der Waals surface area contributed by atoms with Gasteiger partial charge in [-0.2, -0.15) is 0 Å². The fourth-order valence-electron chi connectivity index (χ4n) is 1.43. The number of nitrogens with one attached hydrogen (secondary N) is 1. The van der Waals surface area contributed by atoms with Crippen LogP contribution < -0.4 is 10.1 Å². The lowest BCUT2D eigenvalue weighted by Gasteiger charge is -2.19. The minimum absolute atomic E-state index is 0.196. The standard InChI is InChI=1S/C14H21NO3/c1-14(2,3)18-13(16)8-9-15-11-6-5-7-12(10-11)17-4/h5-7,10,15H,8-9H2,1-4H3. The van der Waals surface area contributed by atoms with Gasteiger partial charge in [0.1, 0.15) is 11.4 Å². The molecule has 0 aromatic heterocycles. The van der Waals surface area contributed by atoms with Crippen LogP contribution in [-0.4, -0.2) is 25.2 Å². The van der Waals surface area contributed by atoms with Gasteiger partial charge in [0, 0.05) is 18.3 Å². The monoisotopic (exact) mass is 251 g/mol. The van der Waals surface area contributed by atoms with Crippen LogP contribution in [0.15, 0.2) is 24.3 Å². The van der Waals surface area contributed by atoms with Gasteiger partial charge < -0.3 is 14.8 Å². The SMILES string of the molecule is COc1cccc(NCCC(=O)OC(C)(C)C)c1. The lowest BCUT2D eigenvalue weighted by atomic mass is 10.2. The molecule has 0 amide bonds. The van der Waals surface area contributed by atoms with Crippen molar-refractivity contribution in [2.45, 2.75) is 32.8 Å². The summed E-state index contributed by atoms with van der Waals surface area (Å²) in [6.07, 6.45) is 0.342. The molecule has 1 aromatic rings. The molecule has 1 rings (SSSR count). The van der Waals surface area contributed by atoms with Crippen molar-refractivity contribution >= 4 is 11.7 Å².